The molecule has 0 amide bonds. The fourth-order valence-electron chi connectivity index (χ4n) is 1.97. The zero-order valence-electron chi connectivity index (χ0n) is 12.8. The van der Waals surface area contributed by atoms with Gasteiger partial charge in [0.05, 0.1) is 10.8 Å². The quantitative estimate of drug-likeness (QED) is 0.812. The summed E-state index contributed by atoms with van der Waals surface area (Å²) in [6, 6.07) is 13.5. The van der Waals surface area contributed by atoms with E-state index in [0.717, 1.165) is 10.8 Å². The van der Waals surface area contributed by atoms with Crippen LogP contribution < -0.4 is 0 Å². The van der Waals surface area contributed by atoms with Gasteiger partial charge < -0.3 is 4.74 Å². The number of esters is 1. The Morgan fingerprint density at radius 1 is 1.10 bits per heavy atom. The van der Waals surface area contributed by atoms with E-state index in [4.69, 9.17) is 4.74 Å². The van der Waals surface area contributed by atoms with Crippen LogP contribution in [-0.2, 0) is 20.3 Å². The van der Waals surface area contributed by atoms with Crippen molar-refractivity contribution < 1.29 is 13.7 Å². The maximum absolute atomic E-state index is 12.5. The molecule has 0 heterocycles. The van der Waals surface area contributed by atoms with Gasteiger partial charge in [-0.05, 0) is 50.6 Å². The van der Waals surface area contributed by atoms with Crippen molar-refractivity contribution in [3.8, 4) is 0 Å². The van der Waals surface area contributed by atoms with E-state index < -0.39 is 27.6 Å². The highest BCUT2D eigenvalue weighted by molar-refractivity contribution is 7.86. The van der Waals surface area contributed by atoms with Gasteiger partial charge in [0.1, 0.15) is 10.9 Å². The molecule has 0 saturated heterocycles. The first kappa shape index (κ1) is 15.7. The van der Waals surface area contributed by atoms with Crippen LogP contribution in [0.15, 0.2) is 47.4 Å². The van der Waals surface area contributed by atoms with Gasteiger partial charge in [-0.2, -0.15) is 0 Å². The summed E-state index contributed by atoms with van der Waals surface area (Å²) in [5, 5.41) is 1.41. The fourth-order valence-corrected chi connectivity index (χ4v) is 3.05. The number of rotatable bonds is 3. The first-order chi connectivity index (χ1) is 9.78. The van der Waals surface area contributed by atoms with Crippen LogP contribution in [0.4, 0.5) is 0 Å². The zero-order valence-corrected chi connectivity index (χ0v) is 13.6. The van der Waals surface area contributed by atoms with E-state index >= 15 is 0 Å². The van der Waals surface area contributed by atoms with Crippen molar-refractivity contribution >= 4 is 27.5 Å². The van der Waals surface area contributed by atoms with Crippen molar-refractivity contribution in [3.63, 3.8) is 0 Å². The van der Waals surface area contributed by atoms with Crippen molar-refractivity contribution in [2.24, 2.45) is 0 Å². The average Bonchev–Trinajstić information content (AvgIpc) is 2.43. The Balaban J connectivity index is 2.23. The number of hydrogen-bond donors (Lipinski definition) is 0. The molecule has 0 aliphatic rings. The van der Waals surface area contributed by atoms with Crippen LogP contribution >= 0.6 is 0 Å². The molecule has 4 heteroatoms. The number of fused-ring (bicyclic) bond motifs is 1. The third kappa shape index (κ3) is 3.91. The second-order valence-corrected chi connectivity index (χ2v) is 7.76. The largest absolute Gasteiger partial charge is 0.459 e. The van der Waals surface area contributed by atoms with E-state index in [0.29, 0.717) is 4.90 Å². The summed E-state index contributed by atoms with van der Waals surface area (Å²) in [7, 11) is -1.42. The minimum atomic E-state index is -1.42. The Hall–Kier alpha value is -1.68. The van der Waals surface area contributed by atoms with Crippen LogP contribution in [-0.4, -0.2) is 21.0 Å². The number of benzene rings is 2. The summed E-state index contributed by atoms with van der Waals surface area (Å²) in [5.74, 6) is -0.436. The van der Waals surface area contributed by atoms with Gasteiger partial charge in [0.25, 0.3) is 0 Å². The molecule has 3 nitrogen and oxygen atoms in total. The molecule has 21 heavy (non-hydrogen) atoms. The van der Waals surface area contributed by atoms with Crippen molar-refractivity contribution in [2.45, 2.75) is 43.4 Å². The molecular formula is C17H20O3S. The third-order valence-electron chi connectivity index (χ3n) is 3.01. The molecule has 2 rings (SSSR count). The van der Waals surface area contributed by atoms with Gasteiger partial charge in [-0.1, -0.05) is 30.3 Å². The lowest BCUT2D eigenvalue weighted by atomic mass is 10.1. The third-order valence-corrected chi connectivity index (χ3v) is 4.57. The predicted molar refractivity (Wildman–Crippen MR) is 85.7 cm³/mol. The molecule has 0 saturated carbocycles. The van der Waals surface area contributed by atoms with Crippen molar-refractivity contribution in [2.75, 3.05) is 0 Å². The van der Waals surface area contributed by atoms with E-state index in [1.54, 1.807) is 33.8 Å². The van der Waals surface area contributed by atoms with Crippen molar-refractivity contribution in [1.29, 1.82) is 0 Å². The van der Waals surface area contributed by atoms with Crippen LogP contribution in [0.1, 0.15) is 27.7 Å². The minimum absolute atomic E-state index is 0.436. The molecule has 0 aliphatic carbocycles. The molecule has 0 bridgehead atoms. The molecule has 2 aromatic rings. The minimum Gasteiger partial charge on any atom is -0.459 e. The average molecular weight is 304 g/mol. The lowest BCUT2D eigenvalue weighted by Crippen LogP contribution is -2.32. The summed E-state index contributed by atoms with van der Waals surface area (Å²) >= 11 is 0. The van der Waals surface area contributed by atoms with E-state index in [1.807, 2.05) is 36.4 Å². The van der Waals surface area contributed by atoms with Crippen LogP contribution in [0.25, 0.3) is 10.8 Å². The normalized spacial score (nSPS) is 14.7. The lowest BCUT2D eigenvalue weighted by molar-refractivity contribution is -0.153. The van der Waals surface area contributed by atoms with Gasteiger partial charge in [0, 0.05) is 4.90 Å². The van der Waals surface area contributed by atoms with E-state index in [9.17, 15) is 9.00 Å². The van der Waals surface area contributed by atoms with Crippen LogP contribution in [0.2, 0.25) is 0 Å². The molecule has 2 atom stereocenters. The molecule has 112 valence electrons. The van der Waals surface area contributed by atoms with Crippen LogP contribution in [0.3, 0.4) is 0 Å². The molecule has 0 spiro atoms. The smallest absolute Gasteiger partial charge is 0.322 e. The second-order valence-electron chi connectivity index (χ2n) is 5.98. The maximum atomic E-state index is 12.5. The Kier molecular flexibility index (Phi) is 4.47. The molecular weight excluding hydrogens is 284 g/mol. The lowest BCUT2D eigenvalue weighted by Gasteiger charge is -2.22. The van der Waals surface area contributed by atoms with Crippen molar-refractivity contribution in [1.82, 2.24) is 0 Å². The molecule has 0 fully saturated rings. The maximum Gasteiger partial charge on any atom is 0.322 e. The fraction of sp³-hybridized carbons (Fsp3) is 0.353. The standard InChI is InChI=1S/C17H20O3S/c1-12(16(18)20-17(2,3)4)21(19)15-10-9-13-7-5-6-8-14(13)11-15/h5-12H,1-4H3. The van der Waals surface area contributed by atoms with Gasteiger partial charge in [-0.3, -0.25) is 9.00 Å². The van der Waals surface area contributed by atoms with E-state index in [2.05, 4.69) is 0 Å². The topological polar surface area (TPSA) is 43.4 Å². The Bertz CT molecular complexity index is 686. The predicted octanol–water partition coefficient (Wildman–Crippen LogP) is 3.68. The molecule has 2 aromatic carbocycles. The van der Waals surface area contributed by atoms with E-state index in [-0.39, 0.29) is 0 Å². The SMILES string of the molecule is CC(C(=O)OC(C)(C)C)S(=O)c1ccc2ccccc2c1. The molecule has 0 aliphatic heterocycles. The Morgan fingerprint density at radius 2 is 1.71 bits per heavy atom. The number of ether oxygens (including phenoxy) is 1. The molecule has 2 unspecified atom stereocenters. The van der Waals surface area contributed by atoms with Crippen molar-refractivity contribution in [3.05, 3.63) is 42.5 Å². The summed E-state index contributed by atoms with van der Waals surface area (Å²) in [6.45, 7) is 7.04. The second kappa shape index (κ2) is 5.98. The first-order valence-corrected chi connectivity index (χ1v) is 8.11. The van der Waals surface area contributed by atoms with Gasteiger partial charge in [-0.15, -0.1) is 0 Å². The van der Waals surface area contributed by atoms with Crippen LogP contribution in [0.5, 0.6) is 0 Å². The molecule has 0 radical (unpaired) electrons. The summed E-state index contributed by atoms with van der Waals surface area (Å²) < 4.78 is 17.8. The zero-order chi connectivity index (χ0) is 15.6. The number of carbonyl (C=O) groups is 1. The highest BCUT2D eigenvalue weighted by Crippen LogP contribution is 2.21. The van der Waals surface area contributed by atoms with E-state index in [1.165, 1.54) is 0 Å². The van der Waals surface area contributed by atoms with Gasteiger partial charge in [0.15, 0.2) is 0 Å². The van der Waals surface area contributed by atoms with Gasteiger partial charge in [0.2, 0.25) is 0 Å². The highest BCUT2D eigenvalue weighted by atomic mass is 32.2. The highest BCUT2D eigenvalue weighted by Gasteiger charge is 2.27. The first-order valence-electron chi connectivity index (χ1n) is 6.90. The Labute approximate surface area is 127 Å². The van der Waals surface area contributed by atoms with Gasteiger partial charge in [-0.25, -0.2) is 0 Å². The van der Waals surface area contributed by atoms with Gasteiger partial charge >= 0.3 is 5.97 Å². The summed E-state index contributed by atoms with van der Waals surface area (Å²) in [6.07, 6.45) is 0. The Morgan fingerprint density at radius 3 is 2.33 bits per heavy atom. The number of carbonyl (C=O) groups excluding carboxylic acids is 1. The summed E-state index contributed by atoms with van der Waals surface area (Å²) in [4.78, 5) is 12.7. The summed E-state index contributed by atoms with van der Waals surface area (Å²) in [5.41, 5.74) is -0.571. The number of hydrogen-bond acceptors (Lipinski definition) is 3. The van der Waals surface area contributed by atoms with Crippen LogP contribution in [0, 0.1) is 0 Å². The monoisotopic (exact) mass is 304 g/mol. The molecule has 0 aromatic heterocycles. The molecule has 0 N–H and O–H groups in total.